The molecule has 1 fully saturated rings. The molecule has 3 aromatic rings. The van der Waals surface area contributed by atoms with E-state index in [1.807, 2.05) is 54.3 Å². The molecule has 1 aromatic carbocycles. The van der Waals surface area contributed by atoms with Gasteiger partial charge in [-0.25, -0.2) is 0 Å². The standard InChI is InChI=1S/C24H28N4O2/c1-19-17-22(21-5-2-3-6-23(21)26-19)24(29)28(18-20-7-9-25-10-8-20)12-4-11-27-13-15-30-16-14-27/h2-3,5-10,17H,4,11-16,18H2,1H3. The molecule has 0 N–H and O–H groups in total. The van der Waals surface area contributed by atoms with Crippen molar-refractivity contribution < 1.29 is 9.53 Å². The van der Waals surface area contributed by atoms with Gasteiger partial charge in [0.05, 0.1) is 24.3 Å². The lowest BCUT2D eigenvalue weighted by molar-refractivity contribution is 0.0355. The van der Waals surface area contributed by atoms with E-state index < -0.39 is 0 Å². The molecular formula is C24H28N4O2. The van der Waals surface area contributed by atoms with Crippen molar-refractivity contribution in [2.45, 2.75) is 19.9 Å². The maximum Gasteiger partial charge on any atom is 0.254 e. The number of nitrogens with zero attached hydrogens (tertiary/aromatic N) is 4. The molecule has 156 valence electrons. The van der Waals surface area contributed by atoms with Crippen molar-refractivity contribution in [2.75, 3.05) is 39.4 Å². The molecule has 1 aliphatic heterocycles. The number of ether oxygens (including phenoxy) is 1. The van der Waals surface area contributed by atoms with Crippen LogP contribution in [-0.4, -0.2) is 65.1 Å². The summed E-state index contributed by atoms with van der Waals surface area (Å²) in [4.78, 5) is 26.7. The van der Waals surface area contributed by atoms with Crippen LogP contribution in [0.15, 0.2) is 54.9 Å². The van der Waals surface area contributed by atoms with E-state index in [0.29, 0.717) is 13.1 Å². The molecule has 0 aliphatic carbocycles. The van der Waals surface area contributed by atoms with Crippen LogP contribution >= 0.6 is 0 Å². The summed E-state index contributed by atoms with van der Waals surface area (Å²) >= 11 is 0. The summed E-state index contributed by atoms with van der Waals surface area (Å²) in [5, 5.41) is 0.904. The van der Waals surface area contributed by atoms with E-state index >= 15 is 0 Å². The summed E-state index contributed by atoms with van der Waals surface area (Å²) in [6.07, 6.45) is 4.48. The molecule has 30 heavy (non-hydrogen) atoms. The van der Waals surface area contributed by atoms with Crippen molar-refractivity contribution in [1.29, 1.82) is 0 Å². The average Bonchev–Trinajstić information content (AvgIpc) is 2.79. The second kappa shape index (κ2) is 9.78. The summed E-state index contributed by atoms with van der Waals surface area (Å²) in [5.74, 6) is 0.0514. The van der Waals surface area contributed by atoms with E-state index in [2.05, 4.69) is 14.9 Å². The number of rotatable bonds is 7. The molecule has 0 saturated carbocycles. The Balaban J connectivity index is 1.55. The van der Waals surface area contributed by atoms with E-state index in [0.717, 1.165) is 67.0 Å². The quantitative estimate of drug-likeness (QED) is 0.605. The van der Waals surface area contributed by atoms with Gasteiger partial charge in [-0.1, -0.05) is 18.2 Å². The molecule has 1 saturated heterocycles. The van der Waals surface area contributed by atoms with Crippen LogP contribution in [0.3, 0.4) is 0 Å². The maximum absolute atomic E-state index is 13.6. The molecule has 0 radical (unpaired) electrons. The molecule has 6 heteroatoms. The first kappa shape index (κ1) is 20.4. The highest BCUT2D eigenvalue weighted by Gasteiger charge is 2.20. The number of carbonyl (C=O) groups is 1. The van der Waals surface area contributed by atoms with Gasteiger partial charge >= 0.3 is 0 Å². The van der Waals surface area contributed by atoms with Crippen LogP contribution in [0, 0.1) is 6.92 Å². The van der Waals surface area contributed by atoms with E-state index in [4.69, 9.17) is 4.74 Å². The Kier molecular flexibility index (Phi) is 6.67. The molecule has 1 aliphatic rings. The van der Waals surface area contributed by atoms with Crippen LogP contribution in [-0.2, 0) is 11.3 Å². The highest BCUT2D eigenvalue weighted by atomic mass is 16.5. The fourth-order valence-corrected chi connectivity index (χ4v) is 3.93. The lowest BCUT2D eigenvalue weighted by Gasteiger charge is -2.28. The second-order valence-electron chi connectivity index (χ2n) is 7.72. The summed E-state index contributed by atoms with van der Waals surface area (Å²) < 4.78 is 5.44. The number of hydrogen-bond acceptors (Lipinski definition) is 5. The van der Waals surface area contributed by atoms with Gasteiger partial charge in [0.1, 0.15) is 0 Å². The van der Waals surface area contributed by atoms with Crippen LogP contribution in [0.2, 0.25) is 0 Å². The van der Waals surface area contributed by atoms with Crippen LogP contribution in [0.5, 0.6) is 0 Å². The third kappa shape index (κ3) is 5.01. The van der Waals surface area contributed by atoms with Crippen molar-refractivity contribution in [2.24, 2.45) is 0 Å². The largest absolute Gasteiger partial charge is 0.379 e. The highest BCUT2D eigenvalue weighted by Crippen LogP contribution is 2.21. The Labute approximate surface area is 177 Å². The number of aryl methyl sites for hydroxylation is 1. The third-order valence-electron chi connectivity index (χ3n) is 5.49. The number of hydrogen-bond donors (Lipinski definition) is 0. The molecule has 3 heterocycles. The Morgan fingerprint density at radius 2 is 1.90 bits per heavy atom. The zero-order valence-electron chi connectivity index (χ0n) is 17.5. The van der Waals surface area contributed by atoms with Gasteiger partial charge in [-0.15, -0.1) is 0 Å². The number of aromatic nitrogens is 2. The van der Waals surface area contributed by atoms with E-state index in [1.165, 1.54) is 0 Å². The second-order valence-corrected chi connectivity index (χ2v) is 7.72. The van der Waals surface area contributed by atoms with Gasteiger partial charge in [0.25, 0.3) is 5.91 Å². The van der Waals surface area contributed by atoms with Gasteiger partial charge in [0, 0.05) is 56.2 Å². The number of amides is 1. The molecule has 1 amide bonds. The maximum atomic E-state index is 13.6. The van der Waals surface area contributed by atoms with Gasteiger partial charge in [-0.2, -0.15) is 0 Å². The minimum atomic E-state index is 0.0514. The normalized spacial score (nSPS) is 14.7. The van der Waals surface area contributed by atoms with Crippen molar-refractivity contribution in [3.8, 4) is 0 Å². The molecule has 0 unspecified atom stereocenters. The molecule has 6 nitrogen and oxygen atoms in total. The SMILES string of the molecule is Cc1cc(C(=O)N(CCCN2CCOCC2)Cc2ccncc2)c2ccccc2n1. The lowest BCUT2D eigenvalue weighted by atomic mass is 10.1. The van der Waals surface area contributed by atoms with Gasteiger partial charge < -0.3 is 9.64 Å². The third-order valence-corrected chi connectivity index (χ3v) is 5.49. The summed E-state index contributed by atoms with van der Waals surface area (Å²) in [7, 11) is 0. The van der Waals surface area contributed by atoms with Crippen LogP contribution in [0.25, 0.3) is 10.9 Å². The molecule has 0 spiro atoms. The Bertz CT molecular complexity index is 987. The zero-order valence-corrected chi connectivity index (χ0v) is 17.5. The smallest absolute Gasteiger partial charge is 0.254 e. The Morgan fingerprint density at radius 3 is 2.70 bits per heavy atom. The first-order chi connectivity index (χ1) is 14.7. The molecule has 0 atom stereocenters. The lowest BCUT2D eigenvalue weighted by Crippen LogP contribution is -2.39. The number of pyridine rings is 2. The van der Waals surface area contributed by atoms with Crippen molar-refractivity contribution in [3.63, 3.8) is 0 Å². The van der Waals surface area contributed by atoms with Crippen molar-refractivity contribution in [1.82, 2.24) is 19.8 Å². The minimum absolute atomic E-state index is 0.0514. The number of para-hydroxylation sites is 1. The molecule has 2 aromatic heterocycles. The monoisotopic (exact) mass is 404 g/mol. The molecule has 0 bridgehead atoms. The molecule has 4 rings (SSSR count). The summed E-state index contributed by atoms with van der Waals surface area (Å²) in [6.45, 7) is 7.70. The van der Waals surface area contributed by atoms with Gasteiger partial charge in [0.2, 0.25) is 0 Å². The summed E-state index contributed by atoms with van der Waals surface area (Å²) in [5.41, 5.74) is 3.52. The van der Waals surface area contributed by atoms with Crippen molar-refractivity contribution >= 4 is 16.8 Å². The Morgan fingerprint density at radius 1 is 1.13 bits per heavy atom. The fourth-order valence-electron chi connectivity index (χ4n) is 3.93. The number of benzene rings is 1. The van der Waals surface area contributed by atoms with Gasteiger partial charge in [0.15, 0.2) is 0 Å². The van der Waals surface area contributed by atoms with Crippen LogP contribution in [0.4, 0.5) is 0 Å². The van der Waals surface area contributed by atoms with E-state index in [1.54, 1.807) is 12.4 Å². The van der Waals surface area contributed by atoms with Gasteiger partial charge in [-0.3, -0.25) is 19.7 Å². The first-order valence-corrected chi connectivity index (χ1v) is 10.6. The predicted molar refractivity (Wildman–Crippen MR) is 117 cm³/mol. The minimum Gasteiger partial charge on any atom is -0.379 e. The first-order valence-electron chi connectivity index (χ1n) is 10.6. The number of fused-ring (bicyclic) bond motifs is 1. The van der Waals surface area contributed by atoms with E-state index in [-0.39, 0.29) is 5.91 Å². The number of morpholine rings is 1. The summed E-state index contributed by atoms with van der Waals surface area (Å²) in [6, 6.07) is 13.7. The Hall–Kier alpha value is -2.83. The zero-order chi connectivity index (χ0) is 20.8. The fraction of sp³-hybridized carbons (Fsp3) is 0.375. The van der Waals surface area contributed by atoms with E-state index in [9.17, 15) is 4.79 Å². The molecular weight excluding hydrogens is 376 g/mol. The van der Waals surface area contributed by atoms with Gasteiger partial charge in [-0.05, 0) is 43.2 Å². The van der Waals surface area contributed by atoms with Crippen LogP contribution in [0.1, 0.15) is 28.0 Å². The predicted octanol–water partition coefficient (Wildman–Crippen LogP) is 3.30. The number of carbonyl (C=O) groups excluding carboxylic acids is 1. The highest BCUT2D eigenvalue weighted by molar-refractivity contribution is 6.06. The average molecular weight is 405 g/mol. The topological polar surface area (TPSA) is 58.6 Å². The van der Waals surface area contributed by atoms with Crippen molar-refractivity contribution in [3.05, 3.63) is 71.7 Å². The van der Waals surface area contributed by atoms with Crippen LogP contribution < -0.4 is 0 Å².